The van der Waals surface area contributed by atoms with Crippen LogP contribution in [0, 0.1) is 10.1 Å². The number of nitro benzene ring substituents is 1. The Balaban J connectivity index is 3.52. The summed E-state index contributed by atoms with van der Waals surface area (Å²) in [6.07, 6.45) is 0. The molecule has 0 amide bonds. The minimum atomic E-state index is -1.42. The fraction of sp³-hybridized carbons (Fsp3) is 0. The molecule has 0 unspecified atom stereocenters. The zero-order valence-corrected chi connectivity index (χ0v) is 8.87. The molecular weight excluding hydrogens is 277 g/mol. The lowest BCUT2D eigenvalue weighted by molar-refractivity contribution is -0.385. The molecule has 1 aromatic rings. The van der Waals surface area contributed by atoms with E-state index in [1.807, 2.05) is 0 Å². The first kappa shape index (κ1) is 10.9. The van der Waals surface area contributed by atoms with Gasteiger partial charge in [-0.15, -0.1) is 0 Å². The molecule has 0 fully saturated rings. The van der Waals surface area contributed by atoms with Gasteiger partial charge in [-0.1, -0.05) is 27.5 Å². The van der Waals surface area contributed by atoms with Crippen LogP contribution in [0.25, 0.3) is 0 Å². The Morgan fingerprint density at radius 1 is 1.57 bits per heavy atom. The van der Waals surface area contributed by atoms with Gasteiger partial charge in [0.25, 0.3) is 5.69 Å². The van der Waals surface area contributed by atoms with E-state index in [0.29, 0.717) is 4.47 Å². The van der Waals surface area contributed by atoms with Crippen LogP contribution in [0.1, 0.15) is 10.4 Å². The molecule has 0 saturated heterocycles. The number of benzene rings is 1. The average Bonchev–Trinajstić information content (AvgIpc) is 2.01. The van der Waals surface area contributed by atoms with Gasteiger partial charge in [-0.3, -0.25) is 10.1 Å². The molecule has 1 rings (SSSR count). The Kier molecular flexibility index (Phi) is 3.07. The summed E-state index contributed by atoms with van der Waals surface area (Å²) in [4.78, 5) is 20.4. The number of halogens is 2. The first-order valence-corrected chi connectivity index (χ1v) is 4.47. The van der Waals surface area contributed by atoms with E-state index in [4.69, 9.17) is 16.7 Å². The normalized spacial score (nSPS) is 9.86. The van der Waals surface area contributed by atoms with Crippen LogP contribution in [0.5, 0.6) is 0 Å². The Bertz CT molecular complexity index is 420. The Morgan fingerprint density at radius 2 is 2.14 bits per heavy atom. The van der Waals surface area contributed by atoms with E-state index in [9.17, 15) is 14.9 Å². The van der Waals surface area contributed by atoms with Crippen molar-refractivity contribution < 1.29 is 14.8 Å². The van der Waals surface area contributed by atoms with Gasteiger partial charge in [0.05, 0.1) is 9.95 Å². The number of aromatic carboxylic acids is 1. The third-order valence-corrected chi connectivity index (χ3v) is 2.20. The van der Waals surface area contributed by atoms with Crippen LogP contribution in [-0.4, -0.2) is 16.0 Å². The highest BCUT2D eigenvalue weighted by Crippen LogP contribution is 2.30. The summed E-state index contributed by atoms with van der Waals surface area (Å²) in [6.45, 7) is 0. The Morgan fingerprint density at radius 3 is 2.57 bits per heavy atom. The van der Waals surface area contributed by atoms with Crippen LogP contribution in [0.3, 0.4) is 0 Å². The summed E-state index contributed by atoms with van der Waals surface area (Å²) >= 11 is 8.54. The molecule has 0 heterocycles. The zero-order valence-electron chi connectivity index (χ0n) is 6.53. The van der Waals surface area contributed by atoms with E-state index in [2.05, 4.69) is 15.9 Å². The summed E-state index contributed by atoms with van der Waals surface area (Å²) < 4.78 is 0.360. The summed E-state index contributed by atoms with van der Waals surface area (Å²) in [6, 6.07) is 2.38. The first-order valence-electron chi connectivity index (χ1n) is 3.30. The number of hydrogen-bond donors (Lipinski definition) is 1. The quantitative estimate of drug-likeness (QED) is 0.667. The SMILES string of the molecule is O=C(O)c1c(Cl)cc(Br)cc1[N+](=O)[O-]. The molecule has 0 saturated carbocycles. The molecule has 0 atom stereocenters. The molecule has 74 valence electrons. The van der Waals surface area contributed by atoms with E-state index in [0.717, 1.165) is 6.07 Å². The lowest BCUT2D eigenvalue weighted by Crippen LogP contribution is -2.03. The fourth-order valence-electron chi connectivity index (χ4n) is 0.916. The van der Waals surface area contributed by atoms with Gasteiger partial charge in [-0.25, -0.2) is 4.79 Å². The molecule has 0 aromatic heterocycles. The van der Waals surface area contributed by atoms with Gasteiger partial charge in [-0.2, -0.15) is 0 Å². The van der Waals surface area contributed by atoms with Gasteiger partial charge in [0.15, 0.2) is 5.56 Å². The molecule has 1 N–H and O–H groups in total. The minimum Gasteiger partial charge on any atom is -0.477 e. The van der Waals surface area contributed by atoms with Crippen molar-refractivity contribution in [1.29, 1.82) is 0 Å². The first-order chi connectivity index (χ1) is 6.43. The number of carbonyl (C=O) groups is 1. The molecule has 14 heavy (non-hydrogen) atoms. The van der Waals surface area contributed by atoms with Crippen molar-refractivity contribution in [2.75, 3.05) is 0 Å². The molecule has 0 aliphatic carbocycles. The van der Waals surface area contributed by atoms with Gasteiger partial charge in [0.2, 0.25) is 0 Å². The standard InChI is InChI=1S/C7H3BrClNO4/c8-3-1-4(9)6(7(11)12)5(2-3)10(13)14/h1-2H,(H,11,12). The fourth-order valence-corrected chi connectivity index (χ4v) is 1.79. The Labute approximate surface area is 91.6 Å². The molecule has 0 aliphatic rings. The van der Waals surface area contributed by atoms with Crippen LogP contribution < -0.4 is 0 Å². The van der Waals surface area contributed by atoms with Crippen molar-refractivity contribution in [2.45, 2.75) is 0 Å². The maximum absolute atomic E-state index is 10.7. The van der Waals surface area contributed by atoms with Crippen LogP contribution in [-0.2, 0) is 0 Å². The number of nitro groups is 1. The monoisotopic (exact) mass is 279 g/mol. The number of nitrogens with zero attached hydrogens (tertiary/aromatic N) is 1. The number of hydrogen-bond acceptors (Lipinski definition) is 3. The van der Waals surface area contributed by atoms with E-state index in [-0.39, 0.29) is 5.02 Å². The molecule has 1 aromatic carbocycles. The lowest BCUT2D eigenvalue weighted by atomic mass is 10.2. The molecule has 5 nitrogen and oxygen atoms in total. The largest absolute Gasteiger partial charge is 0.477 e. The van der Waals surface area contributed by atoms with Gasteiger partial charge in [0, 0.05) is 10.5 Å². The van der Waals surface area contributed by atoms with Gasteiger partial charge >= 0.3 is 5.97 Å². The second kappa shape index (κ2) is 3.93. The highest BCUT2D eigenvalue weighted by atomic mass is 79.9. The molecule has 0 radical (unpaired) electrons. The summed E-state index contributed by atoms with van der Waals surface area (Å²) in [5.41, 5.74) is -1.03. The third-order valence-electron chi connectivity index (χ3n) is 1.44. The predicted octanol–water partition coefficient (Wildman–Crippen LogP) is 2.71. The van der Waals surface area contributed by atoms with Gasteiger partial charge in [0.1, 0.15) is 0 Å². The van der Waals surface area contributed by atoms with Crippen molar-refractivity contribution in [3.63, 3.8) is 0 Å². The topological polar surface area (TPSA) is 80.4 Å². The smallest absolute Gasteiger partial charge is 0.344 e. The van der Waals surface area contributed by atoms with Crippen molar-refractivity contribution in [3.05, 3.63) is 37.3 Å². The summed E-state index contributed by atoms with van der Waals surface area (Å²) in [5, 5.41) is 19.0. The van der Waals surface area contributed by atoms with E-state index < -0.39 is 22.1 Å². The number of carboxylic acid groups (broad SMARTS) is 1. The van der Waals surface area contributed by atoms with Crippen LogP contribution >= 0.6 is 27.5 Å². The van der Waals surface area contributed by atoms with Crippen molar-refractivity contribution in [2.24, 2.45) is 0 Å². The molecule has 7 heteroatoms. The van der Waals surface area contributed by atoms with Crippen LogP contribution in [0.4, 0.5) is 5.69 Å². The molecule has 0 bridgehead atoms. The maximum atomic E-state index is 10.7. The van der Waals surface area contributed by atoms with Gasteiger partial charge in [-0.05, 0) is 6.07 Å². The summed E-state index contributed by atoms with van der Waals surface area (Å²) in [5.74, 6) is -1.42. The predicted molar refractivity (Wildman–Crippen MR) is 52.8 cm³/mol. The zero-order chi connectivity index (χ0) is 10.9. The van der Waals surface area contributed by atoms with Crippen molar-refractivity contribution in [3.8, 4) is 0 Å². The average molecular weight is 280 g/mol. The molecule has 0 aliphatic heterocycles. The van der Waals surface area contributed by atoms with Crippen LogP contribution in [0.2, 0.25) is 5.02 Å². The van der Waals surface area contributed by atoms with Crippen LogP contribution in [0.15, 0.2) is 16.6 Å². The number of carboxylic acids is 1. The Hall–Kier alpha value is -1.14. The number of rotatable bonds is 2. The summed E-state index contributed by atoms with van der Waals surface area (Å²) in [7, 11) is 0. The second-order valence-electron chi connectivity index (χ2n) is 2.34. The van der Waals surface area contributed by atoms with E-state index in [1.54, 1.807) is 0 Å². The minimum absolute atomic E-state index is 0.168. The van der Waals surface area contributed by atoms with Crippen molar-refractivity contribution in [1.82, 2.24) is 0 Å². The third kappa shape index (κ3) is 2.02. The molecule has 0 spiro atoms. The highest BCUT2D eigenvalue weighted by Gasteiger charge is 2.23. The second-order valence-corrected chi connectivity index (χ2v) is 3.67. The molecular formula is C7H3BrClNO4. The van der Waals surface area contributed by atoms with Gasteiger partial charge < -0.3 is 5.11 Å². The highest BCUT2D eigenvalue weighted by molar-refractivity contribution is 9.10. The van der Waals surface area contributed by atoms with Crippen molar-refractivity contribution >= 4 is 39.2 Å². The lowest BCUT2D eigenvalue weighted by Gasteiger charge is -2.00. The maximum Gasteiger partial charge on any atom is 0.344 e. The van der Waals surface area contributed by atoms with E-state index in [1.165, 1.54) is 6.07 Å². The van der Waals surface area contributed by atoms with E-state index >= 15 is 0 Å².